The van der Waals surface area contributed by atoms with Gasteiger partial charge >= 0.3 is 0 Å². The fourth-order valence-electron chi connectivity index (χ4n) is 3.20. The number of halogens is 1. The molecule has 4 rings (SSSR count). The van der Waals surface area contributed by atoms with Crippen LogP contribution in [0.2, 0.25) is 0 Å². The van der Waals surface area contributed by atoms with Crippen molar-refractivity contribution in [1.29, 1.82) is 0 Å². The molecule has 8 heteroatoms. The Morgan fingerprint density at radius 2 is 2.11 bits per heavy atom. The van der Waals surface area contributed by atoms with Gasteiger partial charge in [0.1, 0.15) is 11.6 Å². The number of thiazole rings is 1. The van der Waals surface area contributed by atoms with Crippen LogP contribution in [0.4, 0.5) is 4.39 Å². The zero-order valence-corrected chi connectivity index (χ0v) is 16.2. The third-order valence-corrected chi connectivity index (χ3v) is 5.64. The van der Waals surface area contributed by atoms with E-state index in [-0.39, 0.29) is 11.5 Å². The normalized spacial score (nSPS) is 15.0. The quantitative estimate of drug-likeness (QED) is 0.655. The number of hydrogen-bond donors (Lipinski definition) is 0. The van der Waals surface area contributed by atoms with Crippen molar-refractivity contribution in [1.82, 2.24) is 14.8 Å². The molecule has 0 spiro atoms. The molecule has 0 bridgehead atoms. The highest BCUT2D eigenvalue weighted by molar-refractivity contribution is 7.13. The van der Waals surface area contributed by atoms with Gasteiger partial charge in [-0.25, -0.2) is 9.37 Å². The zero-order valence-electron chi connectivity index (χ0n) is 15.4. The molecule has 28 heavy (non-hydrogen) atoms. The minimum atomic E-state index is -0.556. The van der Waals surface area contributed by atoms with Crippen LogP contribution >= 0.6 is 11.3 Å². The lowest BCUT2D eigenvalue weighted by Crippen LogP contribution is -2.48. The Morgan fingerprint density at radius 1 is 1.29 bits per heavy atom. The van der Waals surface area contributed by atoms with E-state index in [4.69, 9.17) is 9.15 Å². The van der Waals surface area contributed by atoms with Gasteiger partial charge in [-0.05, 0) is 24.3 Å². The molecule has 3 heterocycles. The number of nitrogens with zero attached hydrogens (tertiary/aromatic N) is 3. The molecule has 1 saturated heterocycles. The Morgan fingerprint density at radius 3 is 2.79 bits per heavy atom. The molecule has 0 atom stereocenters. The third kappa shape index (κ3) is 3.93. The number of piperazine rings is 1. The van der Waals surface area contributed by atoms with E-state index >= 15 is 0 Å². The molecule has 0 unspecified atom stereocenters. The van der Waals surface area contributed by atoms with Crippen molar-refractivity contribution in [2.24, 2.45) is 0 Å². The van der Waals surface area contributed by atoms with Crippen LogP contribution in [0, 0.1) is 5.82 Å². The molecule has 1 aliphatic heterocycles. The van der Waals surface area contributed by atoms with Crippen molar-refractivity contribution in [3.63, 3.8) is 0 Å². The monoisotopic (exact) mass is 401 g/mol. The van der Waals surface area contributed by atoms with Crippen LogP contribution in [-0.2, 0) is 6.54 Å². The number of ether oxygens (including phenoxy) is 1. The van der Waals surface area contributed by atoms with Gasteiger partial charge in [0, 0.05) is 44.2 Å². The van der Waals surface area contributed by atoms with Gasteiger partial charge in [-0.15, -0.1) is 11.3 Å². The maximum atomic E-state index is 14.2. The number of furan rings is 1. The Kier molecular flexibility index (Phi) is 5.40. The van der Waals surface area contributed by atoms with Crippen LogP contribution in [-0.4, -0.2) is 54.0 Å². The Hall–Kier alpha value is -2.71. The van der Waals surface area contributed by atoms with Crippen molar-refractivity contribution >= 4 is 17.2 Å². The topological polar surface area (TPSA) is 58.8 Å². The summed E-state index contributed by atoms with van der Waals surface area (Å²) >= 11 is 1.56. The first-order valence-corrected chi connectivity index (χ1v) is 9.85. The number of aromatic nitrogens is 1. The van der Waals surface area contributed by atoms with Gasteiger partial charge in [0.05, 0.1) is 24.6 Å². The fraction of sp³-hybridized carbons (Fsp3) is 0.300. The van der Waals surface area contributed by atoms with E-state index in [2.05, 4.69) is 9.88 Å². The number of benzene rings is 1. The van der Waals surface area contributed by atoms with Gasteiger partial charge in [0.15, 0.2) is 10.8 Å². The van der Waals surface area contributed by atoms with Crippen LogP contribution in [0.5, 0.6) is 5.75 Å². The lowest BCUT2D eigenvalue weighted by Gasteiger charge is -2.34. The fourth-order valence-corrected chi connectivity index (χ4v) is 3.97. The summed E-state index contributed by atoms with van der Waals surface area (Å²) in [6.45, 7) is 3.27. The van der Waals surface area contributed by atoms with E-state index in [0.29, 0.717) is 18.8 Å². The molecular formula is C20H20FN3O3S. The molecule has 0 saturated carbocycles. The minimum absolute atomic E-state index is 0.0804. The molecule has 1 aliphatic rings. The van der Waals surface area contributed by atoms with Crippen molar-refractivity contribution in [2.75, 3.05) is 33.3 Å². The predicted octanol–water partition coefficient (Wildman–Crippen LogP) is 3.51. The minimum Gasteiger partial charge on any atom is -0.497 e. The molecule has 1 aromatic carbocycles. The van der Waals surface area contributed by atoms with E-state index in [9.17, 15) is 9.18 Å². The van der Waals surface area contributed by atoms with Gasteiger partial charge in [-0.1, -0.05) is 0 Å². The number of amides is 1. The summed E-state index contributed by atoms with van der Waals surface area (Å²) in [5, 5.41) is 2.89. The molecule has 1 amide bonds. The first-order valence-electron chi connectivity index (χ1n) is 8.97. The molecule has 3 aromatic rings. The van der Waals surface area contributed by atoms with Crippen LogP contribution in [0.1, 0.15) is 16.1 Å². The number of methoxy groups -OCH3 is 1. The van der Waals surface area contributed by atoms with E-state index in [1.165, 1.54) is 19.2 Å². The SMILES string of the molecule is COc1ccc(C(=O)N2CCN(Cc3csc(-c4ccco4)n3)CC2)c(F)c1. The second-order valence-electron chi connectivity index (χ2n) is 6.54. The first kappa shape index (κ1) is 18.6. The summed E-state index contributed by atoms with van der Waals surface area (Å²) in [7, 11) is 1.47. The summed E-state index contributed by atoms with van der Waals surface area (Å²) in [6, 6.07) is 8.06. The summed E-state index contributed by atoms with van der Waals surface area (Å²) in [5.74, 6) is 0.331. The van der Waals surface area contributed by atoms with E-state index < -0.39 is 5.82 Å². The first-order chi connectivity index (χ1) is 13.6. The second kappa shape index (κ2) is 8.12. The van der Waals surface area contributed by atoms with Gasteiger partial charge in [-0.3, -0.25) is 9.69 Å². The summed E-state index contributed by atoms with van der Waals surface area (Å²) in [6.07, 6.45) is 1.64. The average Bonchev–Trinajstić information content (AvgIpc) is 3.40. The summed E-state index contributed by atoms with van der Waals surface area (Å²) < 4.78 is 24.5. The predicted molar refractivity (Wildman–Crippen MR) is 104 cm³/mol. The Balaban J connectivity index is 1.34. The van der Waals surface area contributed by atoms with Crippen LogP contribution in [0.25, 0.3) is 10.8 Å². The number of carbonyl (C=O) groups is 1. The molecule has 0 N–H and O–H groups in total. The number of hydrogen-bond acceptors (Lipinski definition) is 6. The maximum absolute atomic E-state index is 14.2. The Bertz CT molecular complexity index is 950. The van der Waals surface area contributed by atoms with Gasteiger partial charge in [0.2, 0.25) is 0 Å². The highest BCUT2D eigenvalue weighted by atomic mass is 32.1. The van der Waals surface area contributed by atoms with Crippen molar-refractivity contribution < 1.29 is 18.3 Å². The lowest BCUT2D eigenvalue weighted by atomic mass is 10.1. The van der Waals surface area contributed by atoms with Crippen LogP contribution in [0.15, 0.2) is 46.4 Å². The smallest absolute Gasteiger partial charge is 0.256 e. The molecule has 0 aliphatic carbocycles. The molecule has 146 valence electrons. The van der Waals surface area contributed by atoms with Gasteiger partial charge < -0.3 is 14.1 Å². The zero-order chi connectivity index (χ0) is 19.5. The molecule has 6 nitrogen and oxygen atoms in total. The van der Waals surface area contributed by atoms with E-state index in [1.807, 2.05) is 17.5 Å². The highest BCUT2D eigenvalue weighted by Gasteiger charge is 2.24. The summed E-state index contributed by atoms with van der Waals surface area (Å²) in [5.41, 5.74) is 1.06. The number of rotatable bonds is 5. The third-order valence-electron chi connectivity index (χ3n) is 4.74. The Labute approximate surface area is 166 Å². The van der Waals surface area contributed by atoms with Crippen molar-refractivity contribution in [3.8, 4) is 16.5 Å². The number of carbonyl (C=O) groups excluding carboxylic acids is 1. The van der Waals surface area contributed by atoms with Crippen LogP contribution in [0.3, 0.4) is 0 Å². The van der Waals surface area contributed by atoms with E-state index in [0.717, 1.165) is 36.1 Å². The molecule has 1 fully saturated rings. The second-order valence-corrected chi connectivity index (χ2v) is 7.39. The standard InChI is InChI=1S/C20H20FN3O3S/c1-26-15-4-5-16(17(21)11-15)20(25)24-8-6-23(7-9-24)12-14-13-28-19(22-14)18-3-2-10-27-18/h2-5,10-11,13H,6-9,12H2,1H3. The summed E-state index contributed by atoms with van der Waals surface area (Å²) in [4.78, 5) is 21.2. The largest absolute Gasteiger partial charge is 0.497 e. The van der Waals surface area contributed by atoms with E-state index in [1.54, 1.807) is 28.6 Å². The average molecular weight is 401 g/mol. The van der Waals surface area contributed by atoms with Gasteiger partial charge in [0.25, 0.3) is 5.91 Å². The van der Waals surface area contributed by atoms with Crippen molar-refractivity contribution in [2.45, 2.75) is 6.54 Å². The maximum Gasteiger partial charge on any atom is 0.256 e. The van der Waals surface area contributed by atoms with Crippen LogP contribution < -0.4 is 4.74 Å². The van der Waals surface area contributed by atoms with Gasteiger partial charge in [-0.2, -0.15) is 0 Å². The lowest BCUT2D eigenvalue weighted by molar-refractivity contribution is 0.0622. The molecule has 2 aromatic heterocycles. The molecular weight excluding hydrogens is 381 g/mol. The van der Waals surface area contributed by atoms with Crippen molar-refractivity contribution in [3.05, 3.63) is 59.0 Å². The highest BCUT2D eigenvalue weighted by Crippen LogP contribution is 2.25. The molecule has 0 radical (unpaired) electrons.